The van der Waals surface area contributed by atoms with Crippen LogP contribution in [0, 0.1) is 6.92 Å². The quantitative estimate of drug-likeness (QED) is 0.880. The summed E-state index contributed by atoms with van der Waals surface area (Å²) in [4.78, 5) is 15.8. The molecule has 1 saturated carbocycles. The zero-order valence-electron chi connectivity index (χ0n) is 10.5. The molecule has 0 radical (unpaired) electrons. The number of aryl methyl sites for hydroxylation is 1. The largest absolute Gasteiger partial charge is 0.448 e. The zero-order valence-corrected chi connectivity index (χ0v) is 10.5. The SMILES string of the molecule is Cc1cc(NC(=O)NCc2ncoc2C2CC2)on1. The summed E-state index contributed by atoms with van der Waals surface area (Å²) in [6.45, 7) is 2.12. The number of amides is 2. The minimum absolute atomic E-state index is 0.317. The number of carbonyl (C=O) groups excluding carboxylic acids is 1. The van der Waals surface area contributed by atoms with E-state index in [1.54, 1.807) is 13.0 Å². The Kier molecular flexibility index (Phi) is 2.94. The highest BCUT2D eigenvalue weighted by molar-refractivity contribution is 5.87. The second-order valence-corrected chi connectivity index (χ2v) is 4.58. The Bertz CT molecular complexity index is 585. The molecule has 0 atom stereocenters. The molecule has 0 spiro atoms. The van der Waals surface area contributed by atoms with Gasteiger partial charge < -0.3 is 14.3 Å². The van der Waals surface area contributed by atoms with Gasteiger partial charge in [-0.15, -0.1) is 0 Å². The maximum atomic E-state index is 11.6. The third-order valence-corrected chi connectivity index (χ3v) is 2.90. The van der Waals surface area contributed by atoms with Crippen LogP contribution in [0.15, 0.2) is 21.4 Å². The van der Waals surface area contributed by atoms with Crippen molar-refractivity contribution in [2.24, 2.45) is 0 Å². The Morgan fingerprint density at radius 2 is 2.37 bits per heavy atom. The summed E-state index contributed by atoms with van der Waals surface area (Å²) in [7, 11) is 0. The molecule has 1 fully saturated rings. The molecule has 2 N–H and O–H groups in total. The monoisotopic (exact) mass is 262 g/mol. The van der Waals surface area contributed by atoms with Crippen LogP contribution in [-0.4, -0.2) is 16.2 Å². The summed E-state index contributed by atoms with van der Waals surface area (Å²) < 4.78 is 10.2. The predicted octanol–water partition coefficient (Wildman–Crippen LogP) is 2.17. The molecule has 0 aromatic carbocycles. The van der Waals surface area contributed by atoms with E-state index in [0.29, 0.717) is 24.0 Å². The molecule has 7 nitrogen and oxygen atoms in total. The average Bonchev–Trinajstić information content (AvgIpc) is 2.98. The zero-order chi connectivity index (χ0) is 13.2. The number of nitrogens with one attached hydrogen (secondary N) is 2. The highest BCUT2D eigenvalue weighted by Crippen LogP contribution is 2.41. The summed E-state index contributed by atoms with van der Waals surface area (Å²) in [5.41, 5.74) is 1.49. The minimum atomic E-state index is -0.360. The number of hydrogen-bond acceptors (Lipinski definition) is 5. The molecule has 2 aromatic heterocycles. The van der Waals surface area contributed by atoms with Crippen LogP contribution >= 0.6 is 0 Å². The van der Waals surface area contributed by atoms with Crippen molar-refractivity contribution in [3.05, 3.63) is 29.6 Å². The number of urea groups is 1. The number of anilines is 1. The van der Waals surface area contributed by atoms with Crippen LogP contribution in [0.3, 0.4) is 0 Å². The van der Waals surface area contributed by atoms with Crippen LogP contribution in [0.5, 0.6) is 0 Å². The summed E-state index contributed by atoms with van der Waals surface area (Å²) >= 11 is 0. The Hall–Kier alpha value is -2.31. The fourth-order valence-electron chi connectivity index (χ4n) is 1.83. The van der Waals surface area contributed by atoms with Crippen molar-refractivity contribution in [1.82, 2.24) is 15.5 Å². The van der Waals surface area contributed by atoms with E-state index in [1.165, 1.54) is 6.39 Å². The van der Waals surface area contributed by atoms with E-state index in [2.05, 4.69) is 20.8 Å². The number of nitrogens with zero attached hydrogens (tertiary/aromatic N) is 2. The van der Waals surface area contributed by atoms with Gasteiger partial charge in [-0.2, -0.15) is 0 Å². The number of oxazole rings is 1. The van der Waals surface area contributed by atoms with Crippen LogP contribution in [0.25, 0.3) is 0 Å². The van der Waals surface area contributed by atoms with Crippen LogP contribution in [0.2, 0.25) is 0 Å². The van der Waals surface area contributed by atoms with E-state index in [9.17, 15) is 4.79 Å². The van der Waals surface area contributed by atoms with Gasteiger partial charge in [0.05, 0.1) is 12.2 Å². The van der Waals surface area contributed by atoms with Crippen molar-refractivity contribution < 1.29 is 13.7 Å². The van der Waals surface area contributed by atoms with Crippen LogP contribution < -0.4 is 10.6 Å². The summed E-state index contributed by atoms with van der Waals surface area (Å²) in [6.07, 6.45) is 3.68. The van der Waals surface area contributed by atoms with Gasteiger partial charge in [0, 0.05) is 12.0 Å². The van der Waals surface area contributed by atoms with E-state index in [1.807, 2.05) is 0 Å². The van der Waals surface area contributed by atoms with E-state index in [4.69, 9.17) is 8.94 Å². The first-order valence-corrected chi connectivity index (χ1v) is 6.13. The van der Waals surface area contributed by atoms with Crippen molar-refractivity contribution in [2.75, 3.05) is 5.32 Å². The molecule has 1 aliphatic rings. The molecule has 100 valence electrons. The van der Waals surface area contributed by atoms with Gasteiger partial charge in [-0.1, -0.05) is 5.16 Å². The normalized spacial score (nSPS) is 14.4. The Labute approximate surface area is 109 Å². The van der Waals surface area contributed by atoms with Gasteiger partial charge in [0.1, 0.15) is 11.5 Å². The lowest BCUT2D eigenvalue weighted by Crippen LogP contribution is -2.28. The van der Waals surface area contributed by atoms with E-state index >= 15 is 0 Å². The van der Waals surface area contributed by atoms with Crippen molar-refractivity contribution in [3.63, 3.8) is 0 Å². The average molecular weight is 262 g/mol. The van der Waals surface area contributed by atoms with Gasteiger partial charge in [0.25, 0.3) is 0 Å². The number of aromatic nitrogens is 2. The van der Waals surface area contributed by atoms with Gasteiger partial charge in [0.2, 0.25) is 5.88 Å². The van der Waals surface area contributed by atoms with Gasteiger partial charge >= 0.3 is 6.03 Å². The van der Waals surface area contributed by atoms with Crippen molar-refractivity contribution in [3.8, 4) is 0 Å². The maximum Gasteiger partial charge on any atom is 0.321 e. The molecule has 2 aromatic rings. The molecule has 1 aliphatic carbocycles. The third kappa shape index (κ3) is 2.75. The first kappa shape index (κ1) is 11.8. The van der Waals surface area contributed by atoms with Gasteiger partial charge in [-0.25, -0.2) is 9.78 Å². The first-order chi connectivity index (χ1) is 9.22. The molecule has 2 heterocycles. The van der Waals surface area contributed by atoms with Crippen LogP contribution in [-0.2, 0) is 6.54 Å². The molecule has 0 saturated heterocycles. The topological polar surface area (TPSA) is 93.2 Å². The third-order valence-electron chi connectivity index (χ3n) is 2.90. The molecule has 3 rings (SSSR count). The number of hydrogen-bond donors (Lipinski definition) is 2. The molecule has 2 amide bonds. The summed E-state index contributed by atoms with van der Waals surface area (Å²) in [6, 6.07) is 1.28. The molecule has 19 heavy (non-hydrogen) atoms. The van der Waals surface area contributed by atoms with Gasteiger partial charge in [-0.3, -0.25) is 5.32 Å². The molecule has 7 heteroatoms. The number of carbonyl (C=O) groups is 1. The van der Waals surface area contributed by atoms with Gasteiger partial charge in [-0.05, 0) is 19.8 Å². The molecule has 0 unspecified atom stereocenters. The Balaban J connectivity index is 1.54. The molecular formula is C12H14N4O3. The van der Waals surface area contributed by atoms with Crippen LogP contribution in [0.4, 0.5) is 10.7 Å². The summed E-state index contributed by atoms with van der Waals surface area (Å²) in [5.74, 6) is 1.67. The lowest BCUT2D eigenvalue weighted by atomic mass is 10.2. The highest BCUT2D eigenvalue weighted by atomic mass is 16.5. The highest BCUT2D eigenvalue weighted by Gasteiger charge is 2.29. The molecule has 0 bridgehead atoms. The van der Waals surface area contributed by atoms with Crippen LogP contribution in [0.1, 0.15) is 35.9 Å². The number of rotatable bonds is 4. The predicted molar refractivity (Wildman–Crippen MR) is 65.6 cm³/mol. The van der Waals surface area contributed by atoms with E-state index in [-0.39, 0.29) is 6.03 Å². The molecule has 0 aliphatic heterocycles. The lowest BCUT2D eigenvalue weighted by molar-refractivity contribution is 0.250. The van der Waals surface area contributed by atoms with E-state index < -0.39 is 0 Å². The Morgan fingerprint density at radius 3 is 3.05 bits per heavy atom. The maximum absolute atomic E-state index is 11.6. The lowest BCUT2D eigenvalue weighted by Gasteiger charge is -2.04. The second kappa shape index (κ2) is 4.75. The molecular weight excluding hydrogens is 248 g/mol. The van der Waals surface area contributed by atoms with E-state index in [0.717, 1.165) is 24.3 Å². The fraction of sp³-hybridized carbons (Fsp3) is 0.417. The Morgan fingerprint density at radius 1 is 1.53 bits per heavy atom. The summed E-state index contributed by atoms with van der Waals surface area (Å²) in [5, 5.41) is 8.94. The van der Waals surface area contributed by atoms with Crippen molar-refractivity contribution in [2.45, 2.75) is 32.2 Å². The van der Waals surface area contributed by atoms with Crippen molar-refractivity contribution in [1.29, 1.82) is 0 Å². The standard InChI is InChI=1S/C12H14N4O3/c1-7-4-10(19-16-7)15-12(17)13-5-9-11(8-2-3-8)18-6-14-9/h4,6,8H,2-3,5H2,1H3,(H2,13,15,17). The minimum Gasteiger partial charge on any atom is -0.448 e. The van der Waals surface area contributed by atoms with Gasteiger partial charge in [0.15, 0.2) is 6.39 Å². The smallest absolute Gasteiger partial charge is 0.321 e. The first-order valence-electron chi connectivity index (χ1n) is 6.13. The second-order valence-electron chi connectivity index (χ2n) is 4.58. The fourth-order valence-corrected chi connectivity index (χ4v) is 1.83. The van der Waals surface area contributed by atoms with Crippen molar-refractivity contribution >= 4 is 11.9 Å².